The van der Waals surface area contributed by atoms with Crippen LogP contribution in [0.2, 0.25) is 10.0 Å². The number of aryl methyl sites for hydroxylation is 1. The molecule has 0 saturated heterocycles. The number of benzene rings is 2. The Kier molecular flexibility index (Phi) is 7.61. The first-order valence-electron chi connectivity index (χ1n) is 8.36. The first-order valence-corrected chi connectivity index (χ1v) is 9.12. The number of hydrogen-bond acceptors (Lipinski definition) is 3. The number of nitrogens with one attached hydrogen (secondary N) is 1. The van der Waals surface area contributed by atoms with Crippen molar-refractivity contribution in [2.75, 3.05) is 14.2 Å². The molecule has 1 N–H and O–H groups in total. The van der Waals surface area contributed by atoms with E-state index in [0.717, 1.165) is 11.1 Å². The highest BCUT2D eigenvalue weighted by molar-refractivity contribution is 6.35. The largest absolute Gasteiger partial charge is 0.497 e. The maximum Gasteiger partial charge on any atom is 0.220 e. The van der Waals surface area contributed by atoms with Gasteiger partial charge in [0.25, 0.3) is 0 Å². The monoisotopic (exact) mass is 395 g/mol. The first-order chi connectivity index (χ1) is 12.4. The third-order valence-electron chi connectivity index (χ3n) is 4.00. The molecule has 0 aromatic heterocycles. The van der Waals surface area contributed by atoms with E-state index < -0.39 is 0 Å². The van der Waals surface area contributed by atoms with E-state index in [-0.39, 0.29) is 11.9 Å². The summed E-state index contributed by atoms with van der Waals surface area (Å²) in [5, 5.41) is 4.22. The summed E-state index contributed by atoms with van der Waals surface area (Å²) in [6.07, 6.45) is 1.64. The summed E-state index contributed by atoms with van der Waals surface area (Å²) in [5.74, 6) is 1.42. The Labute approximate surface area is 164 Å². The van der Waals surface area contributed by atoms with Gasteiger partial charge in [0.15, 0.2) is 0 Å². The highest BCUT2D eigenvalue weighted by Gasteiger charge is 2.11. The number of amides is 1. The molecule has 0 aliphatic carbocycles. The van der Waals surface area contributed by atoms with E-state index in [1.807, 2.05) is 31.2 Å². The summed E-state index contributed by atoms with van der Waals surface area (Å²) in [6.45, 7) is 1.96. The van der Waals surface area contributed by atoms with Gasteiger partial charge in [-0.1, -0.05) is 29.3 Å². The number of methoxy groups -OCH3 is 2. The number of hydrogen-bond donors (Lipinski definition) is 1. The average Bonchev–Trinajstić information content (AvgIpc) is 2.62. The van der Waals surface area contributed by atoms with Crippen LogP contribution in [0.15, 0.2) is 36.4 Å². The fourth-order valence-corrected chi connectivity index (χ4v) is 3.17. The van der Waals surface area contributed by atoms with Crippen molar-refractivity contribution in [3.05, 3.63) is 57.6 Å². The van der Waals surface area contributed by atoms with Crippen LogP contribution in [0, 0.1) is 0 Å². The van der Waals surface area contributed by atoms with Crippen LogP contribution in [0.3, 0.4) is 0 Å². The Morgan fingerprint density at radius 1 is 1.08 bits per heavy atom. The van der Waals surface area contributed by atoms with Crippen molar-refractivity contribution in [2.45, 2.75) is 32.2 Å². The van der Waals surface area contributed by atoms with E-state index in [0.29, 0.717) is 40.8 Å². The molecular formula is C20H23Cl2NO3. The second-order valence-electron chi connectivity index (χ2n) is 6.13. The van der Waals surface area contributed by atoms with Crippen LogP contribution >= 0.6 is 23.2 Å². The SMILES string of the molecule is COc1cc(CCC(=O)NC(C)Cc2ccc(Cl)cc2Cl)cc(OC)c1. The number of ether oxygens (including phenoxy) is 2. The van der Waals surface area contributed by atoms with Crippen molar-refractivity contribution < 1.29 is 14.3 Å². The van der Waals surface area contributed by atoms with Crippen LogP contribution in [-0.4, -0.2) is 26.2 Å². The van der Waals surface area contributed by atoms with E-state index >= 15 is 0 Å². The lowest BCUT2D eigenvalue weighted by atomic mass is 10.1. The molecule has 0 heterocycles. The Bertz CT molecular complexity index is 742. The van der Waals surface area contributed by atoms with E-state index in [1.54, 1.807) is 26.4 Å². The van der Waals surface area contributed by atoms with E-state index in [9.17, 15) is 4.79 Å². The van der Waals surface area contributed by atoms with Gasteiger partial charge >= 0.3 is 0 Å². The lowest BCUT2D eigenvalue weighted by Crippen LogP contribution is -2.34. The van der Waals surface area contributed by atoms with Crippen LogP contribution in [0.1, 0.15) is 24.5 Å². The van der Waals surface area contributed by atoms with Gasteiger partial charge in [-0.15, -0.1) is 0 Å². The molecule has 0 saturated carbocycles. The van der Waals surface area contributed by atoms with Crippen molar-refractivity contribution in [2.24, 2.45) is 0 Å². The number of carbonyl (C=O) groups excluding carboxylic acids is 1. The van der Waals surface area contributed by atoms with Gasteiger partial charge in [-0.3, -0.25) is 4.79 Å². The quantitative estimate of drug-likeness (QED) is 0.704. The Balaban J connectivity index is 1.88. The predicted octanol–water partition coefficient (Wildman–Crippen LogP) is 4.69. The normalized spacial score (nSPS) is 11.7. The van der Waals surface area contributed by atoms with Gasteiger partial charge in [-0.05, 0) is 55.2 Å². The summed E-state index contributed by atoms with van der Waals surface area (Å²) in [4.78, 5) is 12.2. The summed E-state index contributed by atoms with van der Waals surface area (Å²) in [5.41, 5.74) is 1.95. The van der Waals surface area contributed by atoms with Crippen molar-refractivity contribution in [3.63, 3.8) is 0 Å². The van der Waals surface area contributed by atoms with Crippen molar-refractivity contribution in [3.8, 4) is 11.5 Å². The molecule has 1 unspecified atom stereocenters. The Morgan fingerprint density at radius 3 is 2.31 bits per heavy atom. The molecule has 6 heteroatoms. The van der Waals surface area contributed by atoms with Crippen LogP contribution in [0.4, 0.5) is 0 Å². The fourth-order valence-electron chi connectivity index (χ4n) is 2.68. The maximum atomic E-state index is 12.2. The van der Waals surface area contributed by atoms with Crippen molar-refractivity contribution in [1.82, 2.24) is 5.32 Å². The van der Waals surface area contributed by atoms with Crippen LogP contribution in [0.25, 0.3) is 0 Å². The molecule has 1 atom stereocenters. The summed E-state index contributed by atoms with van der Waals surface area (Å²) in [6, 6.07) is 11.0. The molecule has 0 fully saturated rings. The minimum atomic E-state index is -0.0268. The van der Waals surface area contributed by atoms with Gasteiger partial charge in [0.05, 0.1) is 14.2 Å². The van der Waals surface area contributed by atoms with E-state index in [4.69, 9.17) is 32.7 Å². The van der Waals surface area contributed by atoms with Crippen LogP contribution in [-0.2, 0) is 17.6 Å². The third-order valence-corrected chi connectivity index (χ3v) is 4.59. The molecule has 0 spiro atoms. The first kappa shape index (κ1) is 20.4. The number of halogens is 2. The van der Waals surface area contributed by atoms with Crippen LogP contribution < -0.4 is 14.8 Å². The molecule has 4 nitrogen and oxygen atoms in total. The van der Waals surface area contributed by atoms with Crippen molar-refractivity contribution in [1.29, 1.82) is 0 Å². The minimum absolute atomic E-state index is 0.00984. The molecular weight excluding hydrogens is 373 g/mol. The number of rotatable bonds is 8. The predicted molar refractivity (Wildman–Crippen MR) is 106 cm³/mol. The molecule has 0 aliphatic rings. The standard InChI is InChI=1S/C20H23Cl2NO3/c1-13(8-15-5-6-16(21)11-19(15)22)23-20(24)7-4-14-9-17(25-2)12-18(10-14)26-3/h5-6,9-13H,4,7-8H2,1-3H3,(H,23,24). The van der Waals surface area contributed by atoms with Gasteiger partial charge < -0.3 is 14.8 Å². The van der Waals surface area contributed by atoms with Gasteiger partial charge in [0.2, 0.25) is 5.91 Å². The zero-order valence-electron chi connectivity index (χ0n) is 15.1. The smallest absolute Gasteiger partial charge is 0.220 e. The van der Waals surface area contributed by atoms with E-state index in [2.05, 4.69) is 5.32 Å². The fraction of sp³-hybridized carbons (Fsp3) is 0.350. The average molecular weight is 396 g/mol. The lowest BCUT2D eigenvalue weighted by Gasteiger charge is -2.15. The highest BCUT2D eigenvalue weighted by Crippen LogP contribution is 2.24. The summed E-state index contributed by atoms with van der Waals surface area (Å²) >= 11 is 12.1. The highest BCUT2D eigenvalue weighted by atomic mass is 35.5. The summed E-state index contributed by atoms with van der Waals surface area (Å²) < 4.78 is 10.5. The Hall–Kier alpha value is -1.91. The minimum Gasteiger partial charge on any atom is -0.497 e. The summed E-state index contributed by atoms with van der Waals surface area (Å²) in [7, 11) is 3.21. The molecule has 2 aromatic rings. The van der Waals surface area contributed by atoms with Gasteiger partial charge in [0.1, 0.15) is 11.5 Å². The zero-order chi connectivity index (χ0) is 19.1. The molecule has 140 valence electrons. The van der Waals surface area contributed by atoms with Crippen LogP contribution in [0.5, 0.6) is 11.5 Å². The van der Waals surface area contributed by atoms with Gasteiger partial charge in [-0.25, -0.2) is 0 Å². The van der Waals surface area contributed by atoms with Gasteiger partial charge in [-0.2, -0.15) is 0 Å². The second-order valence-corrected chi connectivity index (χ2v) is 6.97. The van der Waals surface area contributed by atoms with Crippen molar-refractivity contribution >= 4 is 29.1 Å². The van der Waals surface area contributed by atoms with E-state index in [1.165, 1.54) is 0 Å². The molecule has 0 aliphatic heterocycles. The molecule has 0 bridgehead atoms. The molecule has 1 amide bonds. The zero-order valence-corrected chi connectivity index (χ0v) is 16.7. The van der Waals surface area contributed by atoms with Gasteiger partial charge in [0, 0.05) is 28.6 Å². The molecule has 0 radical (unpaired) electrons. The lowest BCUT2D eigenvalue weighted by molar-refractivity contribution is -0.121. The third kappa shape index (κ3) is 6.11. The maximum absolute atomic E-state index is 12.2. The Morgan fingerprint density at radius 2 is 1.73 bits per heavy atom. The topological polar surface area (TPSA) is 47.6 Å². The molecule has 2 aromatic carbocycles. The molecule has 26 heavy (non-hydrogen) atoms. The second kappa shape index (κ2) is 9.70. The number of carbonyl (C=O) groups is 1. The molecule has 2 rings (SSSR count).